The van der Waals surface area contributed by atoms with Crippen molar-refractivity contribution in [1.82, 2.24) is 5.32 Å². The molecule has 0 bridgehead atoms. The first-order valence-electron chi connectivity index (χ1n) is 4.80. The summed E-state index contributed by atoms with van der Waals surface area (Å²) in [6, 6.07) is 4.05. The molecule has 0 aromatic carbocycles. The lowest BCUT2D eigenvalue weighted by molar-refractivity contribution is 0.488. The van der Waals surface area contributed by atoms with E-state index in [9.17, 15) is 0 Å². The van der Waals surface area contributed by atoms with Crippen LogP contribution in [-0.2, 0) is 6.54 Å². The number of anilines is 1. The third kappa shape index (κ3) is 2.49. The van der Waals surface area contributed by atoms with Crippen LogP contribution in [0.15, 0.2) is 16.5 Å². The number of hydrogen-bond acceptors (Lipinski definition) is 3. The van der Waals surface area contributed by atoms with Gasteiger partial charge >= 0.3 is 0 Å². The normalized spacial score (nSPS) is 10.4. The van der Waals surface area contributed by atoms with Crippen molar-refractivity contribution in [3.8, 4) is 0 Å². The highest BCUT2D eigenvalue weighted by atomic mass is 16.4. The Balaban J connectivity index is 2.66. The van der Waals surface area contributed by atoms with Gasteiger partial charge in [-0.05, 0) is 27.0 Å². The second-order valence-corrected chi connectivity index (χ2v) is 2.94. The van der Waals surface area contributed by atoms with Crippen molar-refractivity contribution in [3.63, 3.8) is 0 Å². The average molecular weight is 182 g/mol. The molecule has 0 fully saturated rings. The molecule has 1 aromatic rings. The van der Waals surface area contributed by atoms with E-state index >= 15 is 0 Å². The fraction of sp³-hybridized carbons (Fsp3) is 0.600. The molecule has 3 nitrogen and oxygen atoms in total. The SMILES string of the molecule is CCN(CC)c1ccc(CNC)o1. The van der Waals surface area contributed by atoms with Gasteiger partial charge in [0.2, 0.25) is 0 Å². The highest BCUT2D eigenvalue weighted by Crippen LogP contribution is 2.17. The molecule has 0 aliphatic rings. The van der Waals surface area contributed by atoms with Gasteiger partial charge in [0.15, 0.2) is 5.88 Å². The van der Waals surface area contributed by atoms with Crippen LogP contribution in [0.1, 0.15) is 19.6 Å². The van der Waals surface area contributed by atoms with Gasteiger partial charge in [-0.1, -0.05) is 0 Å². The maximum absolute atomic E-state index is 5.63. The Labute approximate surface area is 79.7 Å². The minimum atomic E-state index is 0.793. The molecule has 3 heteroatoms. The van der Waals surface area contributed by atoms with E-state index in [1.54, 1.807) is 0 Å². The topological polar surface area (TPSA) is 28.4 Å². The Morgan fingerprint density at radius 1 is 1.31 bits per heavy atom. The fourth-order valence-electron chi connectivity index (χ4n) is 1.34. The standard InChI is InChI=1S/C10H18N2O/c1-4-12(5-2)10-7-6-9(13-10)8-11-3/h6-7,11H,4-5,8H2,1-3H3. The summed E-state index contributed by atoms with van der Waals surface area (Å²) in [7, 11) is 1.92. The van der Waals surface area contributed by atoms with E-state index in [1.807, 2.05) is 19.2 Å². The van der Waals surface area contributed by atoms with Gasteiger partial charge in [-0.25, -0.2) is 0 Å². The Bertz CT molecular complexity index is 241. The zero-order chi connectivity index (χ0) is 9.68. The van der Waals surface area contributed by atoms with Gasteiger partial charge in [-0.15, -0.1) is 0 Å². The lowest BCUT2D eigenvalue weighted by Gasteiger charge is -2.16. The summed E-state index contributed by atoms with van der Waals surface area (Å²) < 4.78 is 5.63. The van der Waals surface area contributed by atoms with E-state index in [4.69, 9.17) is 4.42 Å². The zero-order valence-electron chi connectivity index (χ0n) is 8.63. The Kier molecular flexibility index (Phi) is 3.83. The van der Waals surface area contributed by atoms with Gasteiger partial charge in [0.05, 0.1) is 6.54 Å². The molecule has 74 valence electrons. The number of hydrogen-bond donors (Lipinski definition) is 1. The summed E-state index contributed by atoms with van der Waals surface area (Å²) in [6.45, 7) is 7.03. The second-order valence-electron chi connectivity index (χ2n) is 2.94. The second kappa shape index (κ2) is 4.92. The van der Waals surface area contributed by atoms with Crippen LogP contribution < -0.4 is 10.2 Å². The van der Waals surface area contributed by atoms with Gasteiger partial charge in [0.25, 0.3) is 0 Å². The fourth-order valence-corrected chi connectivity index (χ4v) is 1.34. The third-order valence-corrected chi connectivity index (χ3v) is 2.07. The van der Waals surface area contributed by atoms with E-state index < -0.39 is 0 Å². The highest BCUT2D eigenvalue weighted by molar-refractivity contribution is 5.35. The number of nitrogens with one attached hydrogen (secondary N) is 1. The van der Waals surface area contributed by atoms with Crippen molar-refractivity contribution in [3.05, 3.63) is 17.9 Å². The van der Waals surface area contributed by atoms with Crippen molar-refractivity contribution in [2.24, 2.45) is 0 Å². The summed E-state index contributed by atoms with van der Waals surface area (Å²) in [6.07, 6.45) is 0. The molecule has 0 radical (unpaired) electrons. The summed E-state index contributed by atoms with van der Waals surface area (Å²) in [4.78, 5) is 2.19. The van der Waals surface area contributed by atoms with Crippen molar-refractivity contribution in [2.45, 2.75) is 20.4 Å². The van der Waals surface area contributed by atoms with Crippen LogP contribution in [-0.4, -0.2) is 20.1 Å². The molecule has 0 atom stereocenters. The molecule has 0 unspecified atom stereocenters. The van der Waals surface area contributed by atoms with E-state index in [0.717, 1.165) is 31.3 Å². The van der Waals surface area contributed by atoms with Crippen molar-refractivity contribution >= 4 is 5.88 Å². The van der Waals surface area contributed by atoms with E-state index in [0.29, 0.717) is 0 Å². The molecule has 0 amide bonds. The van der Waals surface area contributed by atoms with Crippen molar-refractivity contribution in [1.29, 1.82) is 0 Å². The lowest BCUT2D eigenvalue weighted by Crippen LogP contribution is -2.21. The first-order valence-corrected chi connectivity index (χ1v) is 4.80. The molecule has 1 aromatic heterocycles. The average Bonchev–Trinajstić information content (AvgIpc) is 2.56. The molecule has 1 heterocycles. The minimum Gasteiger partial charge on any atom is -0.444 e. The zero-order valence-corrected chi connectivity index (χ0v) is 8.63. The van der Waals surface area contributed by atoms with Gasteiger partial charge in [-0.3, -0.25) is 0 Å². The molecular weight excluding hydrogens is 164 g/mol. The van der Waals surface area contributed by atoms with Gasteiger partial charge in [0, 0.05) is 19.2 Å². The quantitative estimate of drug-likeness (QED) is 0.753. The summed E-state index contributed by atoms with van der Waals surface area (Å²) >= 11 is 0. The maximum atomic E-state index is 5.63. The molecule has 0 spiro atoms. The predicted octanol–water partition coefficient (Wildman–Crippen LogP) is 1.85. The smallest absolute Gasteiger partial charge is 0.195 e. The Morgan fingerprint density at radius 3 is 2.54 bits per heavy atom. The molecule has 1 N–H and O–H groups in total. The Hall–Kier alpha value is -0.960. The largest absolute Gasteiger partial charge is 0.444 e. The maximum Gasteiger partial charge on any atom is 0.195 e. The first-order chi connectivity index (χ1) is 6.31. The molecular formula is C10H18N2O. The van der Waals surface area contributed by atoms with Crippen LogP contribution in [0.4, 0.5) is 5.88 Å². The minimum absolute atomic E-state index is 0.793. The number of furan rings is 1. The van der Waals surface area contributed by atoms with Gasteiger partial charge in [0.1, 0.15) is 5.76 Å². The van der Waals surface area contributed by atoms with Gasteiger partial charge < -0.3 is 14.6 Å². The summed E-state index contributed by atoms with van der Waals surface area (Å²) in [5, 5.41) is 3.06. The predicted molar refractivity (Wildman–Crippen MR) is 55.0 cm³/mol. The monoisotopic (exact) mass is 182 g/mol. The molecule has 1 rings (SSSR count). The Morgan fingerprint density at radius 2 is 2.00 bits per heavy atom. The van der Waals surface area contributed by atoms with Crippen LogP contribution in [0.2, 0.25) is 0 Å². The molecule has 0 saturated carbocycles. The highest BCUT2D eigenvalue weighted by Gasteiger charge is 2.06. The van der Waals surface area contributed by atoms with Crippen LogP contribution >= 0.6 is 0 Å². The van der Waals surface area contributed by atoms with Crippen LogP contribution in [0.3, 0.4) is 0 Å². The first kappa shape index (κ1) is 10.1. The van der Waals surface area contributed by atoms with Crippen LogP contribution in [0, 0.1) is 0 Å². The molecule has 13 heavy (non-hydrogen) atoms. The molecule has 0 aliphatic carbocycles. The van der Waals surface area contributed by atoms with Gasteiger partial charge in [-0.2, -0.15) is 0 Å². The summed E-state index contributed by atoms with van der Waals surface area (Å²) in [5.41, 5.74) is 0. The number of rotatable bonds is 5. The third-order valence-electron chi connectivity index (χ3n) is 2.07. The molecule has 0 saturated heterocycles. The van der Waals surface area contributed by atoms with Crippen molar-refractivity contribution < 1.29 is 4.42 Å². The number of nitrogens with zero attached hydrogens (tertiary/aromatic N) is 1. The lowest BCUT2D eigenvalue weighted by atomic mass is 10.4. The van der Waals surface area contributed by atoms with Crippen LogP contribution in [0.25, 0.3) is 0 Å². The van der Waals surface area contributed by atoms with E-state index in [-0.39, 0.29) is 0 Å². The van der Waals surface area contributed by atoms with E-state index in [1.165, 1.54) is 0 Å². The summed E-state index contributed by atoms with van der Waals surface area (Å²) in [5.74, 6) is 1.96. The molecule has 0 aliphatic heterocycles. The van der Waals surface area contributed by atoms with Crippen LogP contribution in [0.5, 0.6) is 0 Å². The van der Waals surface area contributed by atoms with Crippen molar-refractivity contribution in [2.75, 3.05) is 25.0 Å². The van der Waals surface area contributed by atoms with E-state index in [2.05, 4.69) is 24.1 Å².